The van der Waals surface area contributed by atoms with E-state index >= 15 is 0 Å². The molecule has 2 aliphatic rings. The number of rotatable bonds is 6. The average Bonchev–Trinajstić information content (AvgIpc) is 2.98. The lowest BCUT2D eigenvalue weighted by molar-refractivity contribution is -0.137. The standard InChI is InChI=1S/C24H26N2O3/c1-17-10-12-19(13-11-17)21-22(24(28)26(23(21)27)15-6-16-29-2)25-14-5-8-18-7-3-4-9-20(18)25/h3-4,7,9-13H,5-6,8,14-16H2,1-2H3. The Kier molecular flexibility index (Phi) is 5.49. The van der Waals surface area contributed by atoms with Gasteiger partial charge < -0.3 is 9.64 Å². The molecule has 2 amide bonds. The Bertz CT molecular complexity index is 962. The van der Waals surface area contributed by atoms with Crippen LogP contribution >= 0.6 is 0 Å². The monoisotopic (exact) mass is 390 g/mol. The summed E-state index contributed by atoms with van der Waals surface area (Å²) in [5, 5.41) is 0. The number of aryl methyl sites for hydroxylation is 2. The third-order valence-corrected chi connectivity index (χ3v) is 5.59. The number of hydrogen-bond acceptors (Lipinski definition) is 4. The van der Waals surface area contributed by atoms with E-state index in [1.807, 2.05) is 54.3 Å². The highest BCUT2D eigenvalue weighted by Crippen LogP contribution is 2.37. The molecule has 2 aliphatic heterocycles. The molecular weight excluding hydrogens is 364 g/mol. The van der Waals surface area contributed by atoms with E-state index in [1.165, 1.54) is 10.5 Å². The summed E-state index contributed by atoms with van der Waals surface area (Å²) in [6.07, 6.45) is 2.56. The molecule has 2 heterocycles. The zero-order valence-corrected chi connectivity index (χ0v) is 17.0. The highest BCUT2D eigenvalue weighted by atomic mass is 16.5. The molecule has 150 valence electrons. The normalized spacial score (nSPS) is 16.6. The van der Waals surface area contributed by atoms with Crippen LogP contribution in [-0.4, -0.2) is 43.5 Å². The van der Waals surface area contributed by atoms with E-state index in [-0.39, 0.29) is 11.8 Å². The largest absolute Gasteiger partial charge is 0.385 e. The minimum Gasteiger partial charge on any atom is -0.385 e. The number of para-hydroxylation sites is 1. The van der Waals surface area contributed by atoms with Crippen molar-refractivity contribution in [2.24, 2.45) is 0 Å². The number of methoxy groups -OCH3 is 1. The maximum atomic E-state index is 13.4. The first-order valence-electron chi connectivity index (χ1n) is 10.1. The summed E-state index contributed by atoms with van der Waals surface area (Å²) in [5.41, 5.74) is 5.16. The van der Waals surface area contributed by atoms with Gasteiger partial charge in [0.1, 0.15) is 5.70 Å². The number of fused-ring (bicyclic) bond motifs is 1. The third-order valence-electron chi connectivity index (χ3n) is 5.59. The van der Waals surface area contributed by atoms with Crippen molar-refractivity contribution in [1.82, 2.24) is 4.90 Å². The number of nitrogens with zero attached hydrogens (tertiary/aromatic N) is 2. The molecule has 5 nitrogen and oxygen atoms in total. The molecule has 0 saturated heterocycles. The van der Waals surface area contributed by atoms with E-state index in [0.29, 0.717) is 30.8 Å². The predicted octanol–water partition coefficient (Wildman–Crippen LogP) is 3.56. The molecule has 29 heavy (non-hydrogen) atoms. The number of anilines is 1. The van der Waals surface area contributed by atoms with Gasteiger partial charge in [0, 0.05) is 32.5 Å². The molecule has 2 aromatic carbocycles. The van der Waals surface area contributed by atoms with E-state index in [9.17, 15) is 9.59 Å². The Morgan fingerprint density at radius 2 is 1.76 bits per heavy atom. The van der Waals surface area contributed by atoms with Crippen LogP contribution in [0.15, 0.2) is 54.2 Å². The molecule has 0 atom stereocenters. The van der Waals surface area contributed by atoms with Crippen molar-refractivity contribution in [3.05, 3.63) is 70.9 Å². The Labute approximate surface area is 171 Å². The average molecular weight is 390 g/mol. The van der Waals surface area contributed by atoms with Gasteiger partial charge in [-0.05, 0) is 43.4 Å². The maximum Gasteiger partial charge on any atom is 0.278 e. The zero-order valence-electron chi connectivity index (χ0n) is 17.0. The molecule has 0 saturated carbocycles. The molecule has 0 aliphatic carbocycles. The summed E-state index contributed by atoms with van der Waals surface area (Å²) in [7, 11) is 1.62. The van der Waals surface area contributed by atoms with Crippen molar-refractivity contribution in [2.45, 2.75) is 26.2 Å². The van der Waals surface area contributed by atoms with Gasteiger partial charge in [-0.25, -0.2) is 0 Å². The van der Waals surface area contributed by atoms with Gasteiger partial charge in [0.2, 0.25) is 0 Å². The molecule has 5 heteroatoms. The van der Waals surface area contributed by atoms with E-state index in [1.54, 1.807) is 7.11 Å². The number of amides is 2. The molecule has 0 spiro atoms. The molecule has 2 aromatic rings. The van der Waals surface area contributed by atoms with Gasteiger partial charge in [-0.2, -0.15) is 0 Å². The smallest absolute Gasteiger partial charge is 0.278 e. The molecule has 0 fully saturated rings. The van der Waals surface area contributed by atoms with Gasteiger partial charge in [0.25, 0.3) is 11.8 Å². The van der Waals surface area contributed by atoms with E-state index in [2.05, 4.69) is 6.07 Å². The fraction of sp³-hybridized carbons (Fsp3) is 0.333. The molecule has 0 radical (unpaired) electrons. The summed E-state index contributed by atoms with van der Waals surface area (Å²) in [6.45, 7) is 3.62. The van der Waals surface area contributed by atoms with Crippen LogP contribution in [0.1, 0.15) is 29.5 Å². The van der Waals surface area contributed by atoms with Crippen LogP contribution in [0.2, 0.25) is 0 Å². The number of hydrogen-bond donors (Lipinski definition) is 0. The van der Waals surface area contributed by atoms with Crippen LogP contribution in [0.4, 0.5) is 5.69 Å². The summed E-state index contributed by atoms with van der Waals surface area (Å²) >= 11 is 0. The second kappa shape index (κ2) is 8.21. The number of carbonyl (C=O) groups excluding carboxylic acids is 2. The van der Waals surface area contributed by atoms with E-state index < -0.39 is 0 Å². The van der Waals surface area contributed by atoms with Crippen LogP contribution in [0.25, 0.3) is 5.57 Å². The summed E-state index contributed by atoms with van der Waals surface area (Å²) in [4.78, 5) is 30.2. The fourth-order valence-corrected chi connectivity index (χ4v) is 4.13. The van der Waals surface area contributed by atoms with Gasteiger partial charge in [0.15, 0.2) is 0 Å². The molecular formula is C24H26N2O3. The highest BCUT2D eigenvalue weighted by molar-refractivity contribution is 6.36. The number of carbonyl (C=O) groups is 2. The molecule has 0 aromatic heterocycles. The lowest BCUT2D eigenvalue weighted by Gasteiger charge is -2.32. The van der Waals surface area contributed by atoms with Gasteiger partial charge in [-0.1, -0.05) is 48.0 Å². The number of imide groups is 1. The first-order chi connectivity index (χ1) is 14.1. The van der Waals surface area contributed by atoms with Crippen LogP contribution in [0.5, 0.6) is 0 Å². The minimum atomic E-state index is -0.215. The fourth-order valence-electron chi connectivity index (χ4n) is 4.13. The first kappa shape index (κ1) is 19.4. The first-order valence-corrected chi connectivity index (χ1v) is 10.1. The van der Waals surface area contributed by atoms with Crippen molar-refractivity contribution in [3.63, 3.8) is 0 Å². The SMILES string of the molecule is COCCCN1C(=O)C(c2ccc(C)cc2)=C(N2CCCc3ccccc32)C1=O. The van der Waals surface area contributed by atoms with Crippen LogP contribution in [0, 0.1) is 6.92 Å². The van der Waals surface area contributed by atoms with Crippen LogP contribution in [0.3, 0.4) is 0 Å². The van der Waals surface area contributed by atoms with Gasteiger partial charge in [-0.3, -0.25) is 14.5 Å². The highest BCUT2D eigenvalue weighted by Gasteiger charge is 2.42. The molecule has 0 bridgehead atoms. The Hall–Kier alpha value is -2.92. The molecule has 0 unspecified atom stereocenters. The maximum absolute atomic E-state index is 13.4. The predicted molar refractivity (Wildman–Crippen MR) is 113 cm³/mol. The van der Waals surface area contributed by atoms with Crippen molar-refractivity contribution in [2.75, 3.05) is 31.7 Å². The quantitative estimate of drug-likeness (QED) is 0.559. The minimum absolute atomic E-state index is 0.210. The second-order valence-corrected chi connectivity index (χ2v) is 7.58. The lowest BCUT2D eigenvalue weighted by Crippen LogP contribution is -2.37. The van der Waals surface area contributed by atoms with Crippen molar-refractivity contribution >= 4 is 23.1 Å². The van der Waals surface area contributed by atoms with Crippen molar-refractivity contribution < 1.29 is 14.3 Å². The van der Waals surface area contributed by atoms with E-state index in [0.717, 1.165) is 36.2 Å². The third kappa shape index (κ3) is 3.58. The summed E-state index contributed by atoms with van der Waals surface area (Å²) < 4.78 is 5.11. The van der Waals surface area contributed by atoms with Crippen LogP contribution < -0.4 is 4.90 Å². The van der Waals surface area contributed by atoms with Crippen molar-refractivity contribution in [1.29, 1.82) is 0 Å². The summed E-state index contributed by atoms with van der Waals surface area (Å²) in [5.74, 6) is -0.425. The van der Waals surface area contributed by atoms with Gasteiger partial charge in [0.05, 0.1) is 5.57 Å². The van der Waals surface area contributed by atoms with Crippen molar-refractivity contribution in [3.8, 4) is 0 Å². The molecule has 0 N–H and O–H groups in total. The second-order valence-electron chi connectivity index (χ2n) is 7.58. The van der Waals surface area contributed by atoms with Gasteiger partial charge in [-0.15, -0.1) is 0 Å². The lowest BCUT2D eigenvalue weighted by atomic mass is 9.98. The number of benzene rings is 2. The molecule has 4 rings (SSSR count). The Morgan fingerprint density at radius 1 is 1.00 bits per heavy atom. The number of ether oxygens (including phenoxy) is 1. The Morgan fingerprint density at radius 3 is 2.52 bits per heavy atom. The Balaban J connectivity index is 1.81. The topological polar surface area (TPSA) is 49.9 Å². The van der Waals surface area contributed by atoms with Gasteiger partial charge >= 0.3 is 0 Å². The van der Waals surface area contributed by atoms with Crippen LogP contribution in [-0.2, 0) is 20.7 Å². The zero-order chi connectivity index (χ0) is 20.4. The van der Waals surface area contributed by atoms with E-state index in [4.69, 9.17) is 4.74 Å². The summed E-state index contributed by atoms with van der Waals surface area (Å²) in [6, 6.07) is 16.0.